The average molecular weight is 565 g/mol. The highest BCUT2D eigenvalue weighted by Gasteiger charge is 2.56. The Labute approximate surface area is 226 Å². The van der Waals surface area contributed by atoms with Gasteiger partial charge in [-0.25, -0.2) is 9.59 Å². The van der Waals surface area contributed by atoms with Crippen LogP contribution in [0.25, 0.3) is 6.08 Å². The molecule has 0 spiro atoms. The highest BCUT2D eigenvalue weighted by Crippen LogP contribution is 2.38. The lowest BCUT2D eigenvalue weighted by molar-refractivity contribution is -0.284. The summed E-state index contributed by atoms with van der Waals surface area (Å²) in [5.74, 6) is -5.64. The van der Waals surface area contributed by atoms with E-state index < -0.39 is 36.9 Å². The molecule has 0 radical (unpaired) electrons. The monoisotopic (exact) mass is 564 g/mol. The molecule has 0 saturated heterocycles. The molecule has 0 atom stereocenters. The van der Waals surface area contributed by atoms with Crippen molar-refractivity contribution in [1.82, 2.24) is 0 Å². The third kappa shape index (κ3) is 8.72. The van der Waals surface area contributed by atoms with Crippen LogP contribution in [0, 0.1) is 0 Å². The van der Waals surface area contributed by atoms with Gasteiger partial charge in [0, 0.05) is 29.4 Å². The molecule has 0 amide bonds. The van der Waals surface area contributed by atoms with Gasteiger partial charge in [-0.2, -0.15) is 22.0 Å². The number of carbonyl (C=O) groups is 2. The molecule has 12 heteroatoms. The highest BCUT2D eigenvalue weighted by molar-refractivity contribution is 5.91. The zero-order chi connectivity index (χ0) is 29.3. The molecule has 0 aromatic heterocycles. The van der Waals surface area contributed by atoms with Crippen molar-refractivity contribution in [3.63, 3.8) is 0 Å². The number of alkyl halides is 5. The lowest BCUT2D eigenvalue weighted by Gasteiger charge is -2.19. The number of hydrogen-bond acceptors (Lipinski definition) is 7. The minimum Gasteiger partial charge on any atom is -0.494 e. The SMILES string of the molecule is Nc1ccc(N)c(COC(=O)/C=C/c2ccc(OC(=O)c3ccc(OCCCC(F)(F)C(F)(F)F)cc3)cc2)c1. The second-order valence-electron chi connectivity index (χ2n) is 8.54. The number of rotatable bonds is 11. The summed E-state index contributed by atoms with van der Waals surface area (Å²) in [5, 5.41) is 0. The summed E-state index contributed by atoms with van der Waals surface area (Å²) < 4.78 is 78.0. The van der Waals surface area contributed by atoms with Gasteiger partial charge < -0.3 is 25.7 Å². The summed E-state index contributed by atoms with van der Waals surface area (Å²) in [5.41, 5.74) is 13.8. The van der Waals surface area contributed by atoms with Gasteiger partial charge in [0.15, 0.2) is 0 Å². The van der Waals surface area contributed by atoms with Gasteiger partial charge >= 0.3 is 24.0 Å². The molecular formula is C28H25F5N2O5. The van der Waals surface area contributed by atoms with Gasteiger partial charge in [-0.1, -0.05) is 12.1 Å². The summed E-state index contributed by atoms with van der Waals surface area (Å²) in [6.07, 6.45) is -4.76. The fourth-order valence-electron chi connectivity index (χ4n) is 3.24. The molecule has 0 fully saturated rings. The van der Waals surface area contributed by atoms with E-state index in [0.29, 0.717) is 22.5 Å². The molecule has 0 aliphatic carbocycles. The Bertz CT molecular complexity index is 1340. The molecular weight excluding hydrogens is 539 g/mol. The number of nitrogen functional groups attached to an aromatic ring is 2. The topological polar surface area (TPSA) is 114 Å². The Kier molecular flexibility index (Phi) is 9.70. The molecule has 3 aromatic rings. The van der Waals surface area contributed by atoms with Crippen LogP contribution in [0.4, 0.5) is 33.3 Å². The van der Waals surface area contributed by atoms with E-state index in [-0.39, 0.29) is 30.3 Å². The molecule has 0 bridgehead atoms. The van der Waals surface area contributed by atoms with Crippen molar-refractivity contribution in [3.8, 4) is 11.5 Å². The van der Waals surface area contributed by atoms with Crippen molar-refractivity contribution in [3.05, 3.63) is 89.5 Å². The Balaban J connectivity index is 1.44. The first kappa shape index (κ1) is 29.9. The van der Waals surface area contributed by atoms with E-state index in [1.807, 2.05) is 0 Å². The van der Waals surface area contributed by atoms with E-state index in [2.05, 4.69) is 0 Å². The lowest BCUT2D eigenvalue weighted by atomic mass is 10.2. The minimum atomic E-state index is -5.60. The number of anilines is 2. The molecule has 4 N–H and O–H groups in total. The fourth-order valence-corrected chi connectivity index (χ4v) is 3.24. The van der Waals surface area contributed by atoms with E-state index >= 15 is 0 Å². The summed E-state index contributed by atoms with van der Waals surface area (Å²) in [4.78, 5) is 24.4. The first-order chi connectivity index (χ1) is 18.8. The van der Waals surface area contributed by atoms with Crippen molar-refractivity contribution < 1.29 is 45.8 Å². The molecule has 0 saturated carbocycles. The number of nitrogens with two attached hydrogens (primary N) is 2. The van der Waals surface area contributed by atoms with E-state index in [1.165, 1.54) is 48.6 Å². The maximum Gasteiger partial charge on any atom is 0.453 e. The summed E-state index contributed by atoms with van der Waals surface area (Å²) >= 11 is 0. The third-order valence-electron chi connectivity index (χ3n) is 5.45. The van der Waals surface area contributed by atoms with E-state index in [9.17, 15) is 31.5 Å². The van der Waals surface area contributed by atoms with Gasteiger partial charge in [-0.3, -0.25) is 0 Å². The maximum atomic E-state index is 12.9. The Morgan fingerprint density at radius 2 is 1.50 bits per heavy atom. The fraction of sp³-hybridized carbons (Fsp3) is 0.214. The van der Waals surface area contributed by atoms with Crippen molar-refractivity contribution in [2.75, 3.05) is 18.1 Å². The van der Waals surface area contributed by atoms with Gasteiger partial charge in [0.25, 0.3) is 0 Å². The highest BCUT2D eigenvalue weighted by atomic mass is 19.4. The number of halogens is 5. The first-order valence-electron chi connectivity index (χ1n) is 11.8. The molecule has 212 valence electrons. The van der Waals surface area contributed by atoms with Crippen LogP contribution in [0.3, 0.4) is 0 Å². The molecule has 0 heterocycles. The number of hydrogen-bond donors (Lipinski definition) is 2. The second-order valence-corrected chi connectivity index (χ2v) is 8.54. The Morgan fingerprint density at radius 1 is 0.850 bits per heavy atom. The quantitative estimate of drug-likeness (QED) is 0.0714. The molecule has 3 rings (SSSR count). The van der Waals surface area contributed by atoms with Gasteiger partial charge in [0.05, 0.1) is 12.2 Å². The smallest absolute Gasteiger partial charge is 0.453 e. The zero-order valence-electron chi connectivity index (χ0n) is 20.9. The Hall–Kier alpha value is -4.61. The van der Waals surface area contributed by atoms with Crippen LogP contribution in [0.5, 0.6) is 11.5 Å². The van der Waals surface area contributed by atoms with Crippen molar-refractivity contribution >= 4 is 29.4 Å². The molecule has 7 nitrogen and oxygen atoms in total. The molecule has 0 aliphatic heterocycles. The predicted molar refractivity (Wildman–Crippen MR) is 138 cm³/mol. The van der Waals surface area contributed by atoms with E-state index in [4.69, 9.17) is 25.7 Å². The average Bonchev–Trinajstić information content (AvgIpc) is 2.91. The number of ether oxygens (including phenoxy) is 3. The van der Waals surface area contributed by atoms with E-state index in [1.54, 1.807) is 30.3 Å². The zero-order valence-corrected chi connectivity index (χ0v) is 20.9. The van der Waals surface area contributed by atoms with Gasteiger partial charge in [0.2, 0.25) is 0 Å². The van der Waals surface area contributed by atoms with Crippen LogP contribution in [0.1, 0.15) is 34.3 Å². The lowest BCUT2D eigenvalue weighted by Crippen LogP contribution is -2.36. The summed E-state index contributed by atoms with van der Waals surface area (Å²) in [7, 11) is 0. The summed E-state index contributed by atoms with van der Waals surface area (Å²) in [6.45, 7) is -0.395. The second kappa shape index (κ2) is 13.0. The Morgan fingerprint density at radius 3 is 2.15 bits per heavy atom. The van der Waals surface area contributed by atoms with Crippen molar-refractivity contribution in [2.24, 2.45) is 0 Å². The third-order valence-corrected chi connectivity index (χ3v) is 5.45. The number of esters is 2. The van der Waals surface area contributed by atoms with Crippen molar-refractivity contribution in [2.45, 2.75) is 31.5 Å². The van der Waals surface area contributed by atoms with Crippen LogP contribution in [-0.2, 0) is 16.1 Å². The van der Waals surface area contributed by atoms with Gasteiger partial charge in [0.1, 0.15) is 18.1 Å². The van der Waals surface area contributed by atoms with Gasteiger partial charge in [-0.05, 0) is 72.7 Å². The van der Waals surface area contributed by atoms with Crippen LogP contribution >= 0.6 is 0 Å². The van der Waals surface area contributed by atoms with Crippen molar-refractivity contribution in [1.29, 1.82) is 0 Å². The standard InChI is InChI=1S/C28H25F5N2O5/c29-27(30,28(31,32)33)14-1-15-38-22-10-5-19(6-11-22)26(37)40-23-8-2-18(3-9-23)4-13-25(36)39-17-20-16-21(34)7-12-24(20)35/h2-13,16H,1,14-15,17,34-35H2/b13-4+. The largest absolute Gasteiger partial charge is 0.494 e. The van der Waals surface area contributed by atoms with Crippen LogP contribution in [0.2, 0.25) is 0 Å². The minimum absolute atomic E-state index is 0.0388. The summed E-state index contributed by atoms with van der Waals surface area (Å²) in [6, 6.07) is 16.6. The maximum absolute atomic E-state index is 12.9. The molecule has 0 unspecified atom stereocenters. The molecule has 0 aliphatic rings. The molecule has 40 heavy (non-hydrogen) atoms. The predicted octanol–water partition coefficient (Wildman–Crippen LogP) is 6.18. The normalized spacial score (nSPS) is 11.8. The first-order valence-corrected chi connectivity index (χ1v) is 11.8. The van der Waals surface area contributed by atoms with Crippen LogP contribution < -0.4 is 20.9 Å². The number of carbonyl (C=O) groups excluding carboxylic acids is 2. The van der Waals surface area contributed by atoms with Crippen LogP contribution in [-0.4, -0.2) is 30.6 Å². The van der Waals surface area contributed by atoms with Crippen LogP contribution in [0.15, 0.2) is 72.8 Å². The van der Waals surface area contributed by atoms with E-state index in [0.717, 1.165) is 0 Å². The number of benzene rings is 3. The molecule has 3 aromatic carbocycles. The van der Waals surface area contributed by atoms with Gasteiger partial charge in [-0.15, -0.1) is 0 Å².